The number of ether oxygens (including phenoxy) is 2. The zero-order valence-electron chi connectivity index (χ0n) is 20.9. The fourth-order valence-corrected chi connectivity index (χ4v) is 5.26. The maximum atomic E-state index is 13.6. The van der Waals surface area contributed by atoms with Crippen molar-refractivity contribution in [1.82, 2.24) is 14.8 Å². The number of H-pyrrole nitrogens is 1. The van der Waals surface area contributed by atoms with Gasteiger partial charge in [0, 0.05) is 36.7 Å². The second-order valence-electron chi connectivity index (χ2n) is 9.97. The zero-order valence-corrected chi connectivity index (χ0v) is 21.7. The predicted octanol–water partition coefficient (Wildman–Crippen LogP) is 4.37. The molecule has 0 radical (unpaired) electrons. The van der Waals surface area contributed by atoms with E-state index in [1.54, 1.807) is 4.90 Å². The second-order valence-corrected chi connectivity index (χ2v) is 10.3. The van der Waals surface area contributed by atoms with E-state index in [1.165, 1.54) is 0 Å². The van der Waals surface area contributed by atoms with E-state index in [0.717, 1.165) is 48.2 Å². The number of hydrogen-bond donors (Lipinski definition) is 1. The molecule has 2 aromatic rings. The first-order valence-electron chi connectivity index (χ1n) is 11.9. The van der Waals surface area contributed by atoms with Crippen LogP contribution in [0.15, 0.2) is 10.9 Å². The van der Waals surface area contributed by atoms with Gasteiger partial charge in [0.1, 0.15) is 0 Å². The van der Waals surface area contributed by atoms with Gasteiger partial charge in [-0.3, -0.25) is 9.59 Å². The summed E-state index contributed by atoms with van der Waals surface area (Å²) in [5, 5.41) is 0.463. The van der Waals surface area contributed by atoms with Crippen LogP contribution in [0.3, 0.4) is 0 Å². The summed E-state index contributed by atoms with van der Waals surface area (Å²) < 4.78 is 12.5. The summed E-state index contributed by atoms with van der Waals surface area (Å²) in [7, 11) is 4.12. The highest BCUT2D eigenvalue weighted by Gasteiger charge is 2.42. The Morgan fingerprint density at radius 2 is 1.85 bits per heavy atom. The summed E-state index contributed by atoms with van der Waals surface area (Å²) in [5.74, 6) is 0.159. The average Bonchev–Trinajstić information content (AvgIpc) is 3.11. The molecule has 1 amide bonds. The lowest BCUT2D eigenvalue weighted by atomic mass is 9.93. The standard InChI is InChI=1S/C26H34ClN3O4/c1-15-13-16(2)28-24(31)19(15)14-30-12-9-18-20(25(30)32)17(3)22-23(21(18)27)34-26(4,33-22)10-7-8-11-29(5)6/h13H,7-12,14H2,1-6H3,(H,28,31). The number of aromatic nitrogens is 1. The van der Waals surface area contributed by atoms with Gasteiger partial charge in [-0.15, -0.1) is 0 Å². The Balaban J connectivity index is 1.59. The van der Waals surface area contributed by atoms with Crippen molar-refractivity contribution < 1.29 is 14.3 Å². The third-order valence-corrected chi connectivity index (χ3v) is 7.19. The maximum Gasteiger partial charge on any atom is 0.254 e. The highest BCUT2D eigenvalue weighted by molar-refractivity contribution is 6.34. The molecule has 2 aliphatic rings. The summed E-state index contributed by atoms with van der Waals surface area (Å²) in [5.41, 5.74) is 4.26. The third-order valence-electron chi connectivity index (χ3n) is 6.79. The van der Waals surface area contributed by atoms with Gasteiger partial charge in [-0.1, -0.05) is 11.6 Å². The molecule has 3 heterocycles. The number of halogens is 1. The minimum atomic E-state index is -0.804. The Morgan fingerprint density at radius 3 is 2.53 bits per heavy atom. The average molecular weight is 488 g/mol. The van der Waals surface area contributed by atoms with Gasteiger partial charge in [-0.05, 0) is 77.9 Å². The predicted molar refractivity (Wildman–Crippen MR) is 133 cm³/mol. The minimum Gasteiger partial charge on any atom is -0.448 e. The molecule has 34 heavy (non-hydrogen) atoms. The Bertz CT molecular complexity index is 1190. The van der Waals surface area contributed by atoms with Gasteiger partial charge in [0.15, 0.2) is 11.5 Å². The highest BCUT2D eigenvalue weighted by Crippen LogP contribution is 2.51. The van der Waals surface area contributed by atoms with E-state index in [1.807, 2.05) is 33.8 Å². The molecular weight excluding hydrogens is 454 g/mol. The zero-order chi connectivity index (χ0) is 24.8. The molecule has 1 aromatic heterocycles. The van der Waals surface area contributed by atoms with E-state index < -0.39 is 5.79 Å². The number of rotatable bonds is 7. The Labute approximate surface area is 206 Å². The molecule has 7 nitrogen and oxygen atoms in total. The molecule has 1 unspecified atom stereocenters. The van der Waals surface area contributed by atoms with Crippen molar-refractivity contribution in [2.75, 3.05) is 27.2 Å². The molecule has 2 aliphatic heterocycles. The SMILES string of the molecule is Cc1cc(C)c(CN2CCc3c(Cl)c4c(c(C)c3C2=O)OC(C)(CCCCN(C)C)O4)c(=O)[nH]1. The molecule has 1 atom stereocenters. The molecule has 1 aromatic carbocycles. The molecule has 0 saturated heterocycles. The van der Waals surface area contributed by atoms with E-state index in [0.29, 0.717) is 40.6 Å². The number of nitrogens with one attached hydrogen (secondary N) is 1. The number of carbonyl (C=O) groups is 1. The van der Waals surface area contributed by atoms with Crippen molar-refractivity contribution in [2.45, 2.75) is 65.7 Å². The molecular formula is C26H34ClN3O4. The molecule has 8 heteroatoms. The van der Waals surface area contributed by atoms with Gasteiger partial charge < -0.3 is 24.3 Å². The van der Waals surface area contributed by atoms with Crippen LogP contribution in [-0.2, 0) is 13.0 Å². The summed E-state index contributed by atoms with van der Waals surface area (Å²) in [6, 6.07) is 1.93. The van der Waals surface area contributed by atoms with Crippen molar-refractivity contribution in [1.29, 1.82) is 0 Å². The van der Waals surface area contributed by atoms with Crippen molar-refractivity contribution >= 4 is 17.5 Å². The first kappa shape index (κ1) is 24.6. The van der Waals surface area contributed by atoms with Gasteiger partial charge in [0.2, 0.25) is 5.79 Å². The second kappa shape index (κ2) is 9.27. The number of fused-ring (bicyclic) bond motifs is 2. The molecule has 0 aliphatic carbocycles. The van der Waals surface area contributed by atoms with E-state index in [-0.39, 0.29) is 18.0 Å². The number of hydrogen-bond acceptors (Lipinski definition) is 5. The normalized spacial score (nSPS) is 19.2. The lowest BCUT2D eigenvalue weighted by molar-refractivity contribution is -0.0699. The van der Waals surface area contributed by atoms with E-state index in [2.05, 4.69) is 24.0 Å². The lowest BCUT2D eigenvalue weighted by Crippen LogP contribution is -2.39. The fraction of sp³-hybridized carbons (Fsp3) is 0.538. The highest BCUT2D eigenvalue weighted by atomic mass is 35.5. The number of nitrogens with zero attached hydrogens (tertiary/aromatic N) is 2. The van der Waals surface area contributed by atoms with Crippen LogP contribution in [0.25, 0.3) is 0 Å². The molecule has 4 rings (SSSR count). The summed E-state index contributed by atoms with van der Waals surface area (Å²) in [4.78, 5) is 32.8. The molecule has 0 fully saturated rings. The maximum absolute atomic E-state index is 13.6. The van der Waals surface area contributed by atoms with Crippen molar-refractivity contribution in [3.63, 3.8) is 0 Å². The molecule has 0 bridgehead atoms. The van der Waals surface area contributed by atoms with Gasteiger partial charge in [0.25, 0.3) is 11.5 Å². The number of aryl methyl sites for hydroxylation is 2. The quantitative estimate of drug-likeness (QED) is 0.587. The summed E-state index contributed by atoms with van der Waals surface area (Å²) in [6.45, 7) is 9.32. The molecule has 0 saturated carbocycles. The first-order chi connectivity index (χ1) is 16.0. The van der Waals surface area contributed by atoms with E-state index in [9.17, 15) is 9.59 Å². The van der Waals surface area contributed by atoms with E-state index >= 15 is 0 Å². The monoisotopic (exact) mass is 487 g/mol. The van der Waals surface area contributed by atoms with Crippen LogP contribution >= 0.6 is 11.6 Å². The van der Waals surface area contributed by atoms with Gasteiger partial charge >= 0.3 is 0 Å². The van der Waals surface area contributed by atoms with Crippen molar-refractivity contribution in [2.24, 2.45) is 0 Å². The topological polar surface area (TPSA) is 74.9 Å². The van der Waals surface area contributed by atoms with Crippen LogP contribution in [0.4, 0.5) is 0 Å². The third kappa shape index (κ3) is 4.56. The molecule has 0 spiro atoms. The number of pyridine rings is 1. The van der Waals surface area contributed by atoms with Crippen LogP contribution in [0.2, 0.25) is 5.02 Å². The fourth-order valence-electron chi connectivity index (χ4n) is 4.95. The summed E-state index contributed by atoms with van der Waals surface area (Å²) in [6.07, 6.45) is 3.32. The van der Waals surface area contributed by atoms with Crippen molar-refractivity contribution in [3.05, 3.63) is 55.0 Å². The van der Waals surface area contributed by atoms with Crippen LogP contribution in [0.5, 0.6) is 11.5 Å². The number of carbonyl (C=O) groups excluding carboxylic acids is 1. The lowest BCUT2D eigenvalue weighted by Gasteiger charge is -2.30. The van der Waals surface area contributed by atoms with Crippen LogP contribution < -0.4 is 15.0 Å². The van der Waals surface area contributed by atoms with E-state index in [4.69, 9.17) is 21.1 Å². The van der Waals surface area contributed by atoms with Crippen LogP contribution in [0.1, 0.15) is 64.5 Å². The summed E-state index contributed by atoms with van der Waals surface area (Å²) >= 11 is 6.78. The first-order valence-corrected chi connectivity index (χ1v) is 12.2. The number of amides is 1. The van der Waals surface area contributed by atoms with Crippen molar-refractivity contribution in [3.8, 4) is 11.5 Å². The Kier molecular flexibility index (Phi) is 6.71. The number of aromatic amines is 1. The number of benzene rings is 1. The van der Waals surface area contributed by atoms with Crippen LogP contribution in [-0.4, -0.2) is 53.7 Å². The Hall–Kier alpha value is -2.51. The smallest absolute Gasteiger partial charge is 0.254 e. The van der Waals surface area contributed by atoms with Gasteiger partial charge in [-0.2, -0.15) is 0 Å². The van der Waals surface area contributed by atoms with Gasteiger partial charge in [-0.25, -0.2) is 0 Å². The molecule has 1 N–H and O–H groups in total. The van der Waals surface area contributed by atoms with Crippen LogP contribution in [0, 0.1) is 20.8 Å². The Morgan fingerprint density at radius 1 is 1.15 bits per heavy atom. The minimum absolute atomic E-state index is 0.133. The molecule has 184 valence electrons. The van der Waals surface area contributed by atoms with Gasteiger partial charge in [0.05, 0.1) is 17.1 Å². The number of unbranched alkanes of at least 4 members (excludes halogenated alkanes) is 1. The largest absolute Gasteiger partial charge is 0.448 e.